The van der Waals surface area contributed by atoms with Gasteiger partial charge in [0.2, 0.25) is 5.91 Å². The maximum Gasteiger partial charge on any atom is 0.291 e. The third kappa shape index (κ3) is 5.26. The standard InChI is InChI=1S/C21H19N3O5S/c1-13-5-8-16(24(27)28)12-18(13)23-20(25)14(2)30-17-9-6-15(7-10-17)22-21(26)19-4-3-11-29-19/h3-12,14H,1-2H3,(H,22,26)(H,23,25). The molecule has 3 aromatic rings. The van der Waals surface area contributed by atoms with Crippen molar-refractivity contribution in [2.24, 2.45) is 0 Å². The third-order valence-corrected chi connectivity index (χ3v) is 5.34. The highest BCUT2D eigenvalue weighted by molar-refractivity contribution is 8.00. The Labute approximate surface area is 176 Å². The van der Waals surface area contributed by atoms with E-state index < -0.39 is 10.2 Å². The quantitative estimate of drug-likeness (QED) is 0.317. The molecule has 0 aliphatic rings. The molecule has 0 aliphatic heterocycles. The fourth-order valence-electron chi connectivity index (χ4n) is 2.57. The first-order valence-electron chi connectivity index (χ1n) is 9.01. The number of hydrogen-bond donors (Lipinski definition) is 2. The van der Waals surface area contributed by atoms with Gasteiger partial charge in [0.1, 0.15) is 0 Å². The molecule has 1 atom stereocenters. The number of non-ortho nitro benzene ring substituents is 1. The van der Waals surface area contributed by atoms with Crippen molar-refractivity contribution < 1.29 is 18.9 Å². The second kappa shape index (κ2) is 9.27. The van der Waals surface area contributed by atoms with Gasteiger partial charge < -0.3 is 15.1 Å². The van der Waals surface area contributed by atoms with E-state index in [2.05, 4.69) is 10.6 Å². The predicted molar refractivity (Wildman–Crippen MR) is 115 cm³/mol. The average molecular weight is 425 g/mol. The van der Waals surface area contributed by atoms with Crippen molar-refractivity contribution >= 4 is 40.6 Å². The Hall–Kier alpha value is -3.59. The van der Waals surface area contributed by atoms with Gasteiger partial charge in [-0.3, -0.25) is 19.7 Å². The van der Waals surface area contributed by atoms with Crippen LogP contribution in [0.4, 0.5) is 17.1 Å². The lowest BCUT2D eigenvalue weighted by atomic mass is 10.2. The zero-order valence-corrected chi connectivity index (χ0v) is 17.1. The Morgan fingerprint density at radius 3 is 2.47 bits per heavy atom. The van der Waals surface area contributed by atoms with Gasteiger partial charge in [0.15, 0.2) is 5.76 Å². The van der Waals surface area contributed by atoms with E-state index >= 15 is 0 Å². The number of carbonyl (C=O) groups is 2. The molecule has 0 radical (unpaired) electrons. The van der Waals surface area contributed by atoms with Crippen molar-refractivity contribution in [3.8, 4) is 0 Å². The first-order valence-corrected chi connectivity index (χ1v) is 9.89. The third-order valence-electron chi connectivity index (χ3n) is 4.23. The van der Waals surface area contributed by atoms with Crippen LogP contribution in [0.2, 0.25) is 0 Å². The summed E-state index contributed by atoms with van der Waals surface area (Å²) in [5.74, 6) is -0.394. The van der Waals surface area contributed by atoms with Crippen molar-refractivity contribution in [2.45, 2.75) is 24.0 Å². The fourth-order valence-corrected chi connectivity index (χ4v) is 3.43. The summed E-state index contributed by atoms with van der Waals surface area (Å²) in [6, 6.07) is 14.6. The first-order chi connectivity index (χ1) is 14.3. The molecule has 2 aromatic carbocycles. The maximum absolute atomic E-state index is 12.5. The number of amides is 2. The fraction of sp³-hybridized carbons (Fsp3) is 0.143. The Morgan fingerprint density at radius 1 is 1.10 bits per heavy atom. The molecule has 3 rings (SSSR count). The summed E-state index contributed by atoms with van der Waals surface area (Å²) in [5, 5.41) is 16.0. The van der Waals surface area contributed by atoms with Crippen LogP contribution in [-0.4, -0.2) is 22.0 Å². The Balaban J connectivity index is 1.59. The summed E-state index contributed by atoms with van der Waals surface area (Å²) in [4.78, 5) is 35.8. The van der Waals surface area contributed by atoms with Crippen LogP contribution in [0.1, 0.15) is 23.0 Å². The largest absolute Gasteiger partial charge is 0.459 e. The van der Waals surface area contributed by atoms with E-state index in [0.29, 0.717) is 11.4 Å². The molecule has 1 heterocycles. The van der Waals surface area contributed by atoms with Crippen molar-refractivity contribution in [1.29, 1.82) is 0 Å². The number of anilines is 2. The van der Waals surface area contributed by atoms with E-state index in [0.717, 1.165) is 10.5 Å². The van der Waals surface area contributed by atoms with Crippen LogP contribution in [0.5, 0.6) is 0 Å². The minimum absolute atomic E-state index is 0.0802. The zero-order chi connectivity index (χ0) is 21.7. The van der Waals surface area contributed by atoms with Gasteiger partial charge in [0, 0.05) is 22.7 Å². The van der Waals surface area contributed by atoms with Crippen molar-refractivity contribution in [2.75, 3.05) is 10.6 Å². The topological polar surface area (TPSA) is 114 Å². The van der Waals surface area contributed by atoms with Crippen molar-refractivity contribution in [3.63, 3.8) is 0 Å². The number of benzene rings is 2. The van der Waals surface area contributed by atoms with E-state index in [1.54, 1.807) is 56.3 Å². The lowest BCUT2D eigenvalue weighted by Crippen LogP contribution is -2.22. The number of thioether (sulfide) groups is 1. The number of nitrogens with zero attached hydrogens (tertiary/aromatic N) is 1. The second-order valence-electron chi connectivity index (χ2n) is 6.46. The van der Waals surface area contributed by atoms with Crippen molar-refractivity contribution in [1.82, 2.24) is 0 Å². The highest BCUT2D eigenvalue weighted by Crippen LogP contribution is 2.27. The first kappa shape index (κ1) is 21.1. The van der Waals surface area contributed by atoms with E-state index in [1.807, 2.05) is 0 Å². The number of nitro groups is 1. The van der Waals surface area contributed by atoms with E-state index in [-0.39, 0.29) is 23.3 Å². The average Bonchev–Trinajstić information content (AvgIpc) is 3.26. The molecule has 30 heavy (non-hydrogen) atoms. The molecule has 0 aliphatic carbocycles. The van der Waals surface area contributed by atoms with Gasteiger partial charge in [-0.15, -0.1) is 11.8 Å². The number of aryl methyl sites for hydroxylation is 1. The summed E-state index contributed by atoms with van der Waals surface area (Å²) in [5.41, 5.74) is 1.67. The van der Waals surface area contributed by atoms with Gasteiger partial charge in [0.05, 0.1) is 22.1 Å². The van der Waals surface area contributed by atoms with Gasteiger partial charge in [-0.05, 0) is 55.8 Å². The summed E-state index contributed by atoms with van der Waals surface area (Å²) < 4.78 is 5.05. The number of hydrogen-bond acceptors (Lipinski definition) is 6. The SMILES string of the molecule is Cc1ccc([N+](=O)[O-])cc1NC(=O)C(C)Sc1ccc(NC(=O)c2ccco2)cc1. The molecular weight excluding hydrogens is 406 g/mol. The molecule has 0 bridgehead atoms. The predicted octanol–water partition coefficient (Wildman–Crippen LogP) is 4.87. The molecule has 2 amide bonds. The van der Waals surface area contributed by atoms with Gasteiger partial charge in [-0.1, -0.05) is 6.07 Å². The van der Waals surface area contributed by atoms with Gasteiger partial charge in [0.25, 0.3) is 11.6 Å². The van der Waals surface area contributed by atoms with Crippen LogP contribution in [0.25, 0.3) is 0 Å². The summed E-state index contributed by atoms with van der Waals surface area (Å²) in [7, 11) is 0. The van der Waals surface area contributed by atoms with Gasteiger partial charge in [-0.2, -0.15) is 0 Å². The van der Waals surface area contributed by atoms with Crippen LogP contribution in [0.15, 0.2) is 70.2 Å². The Bertz CT molecular complexity index is 1060. The molecule has 1 aromatic heterocycles. The smallest absolute Gasteiger partial charge is 0.291 e. The molecular formula is C21H19N3O5S. The van der Waals surface area contributed by atoms with E-state index in [1.165, 1.54) is 30.2 Å². The van der Waals surface area contributed by atoms with Gasteiger partial charge in [-0.25, -0.2) is 0 Å². The molecule has 0 spiro atoms. The highest BCUT2D eigenvalue weighted by Gasteiger charge is 2.17. The minimum Gasteiger partial charge on any atom is -0.459 e. The summed E-state index contributed by atoms with van der Waals surface area (Å²) >= 11 is 1.34. The molecule has 8 nitrogen and oxygen atoms in total. The van der Waals surface area contributed by atoms with Crippen molar-refractivity contribution in [3.05, 3.63) is 82.3 Å². The lowest BCUT2D eigenvalue weighted by Gasteiger charge is -2.14. The number of nitro benzene ring substituents is 1. The summed E-state index contributed by atoms with van der Waals surface area (Å²) in [6.45, 7) is 3.52. The van der Waals surface area contributed by atoms with Crippen LogP contribution in [0.3, 0.4) is 0 Å². The second-order valence-corrected chi connectivity index (χ2v) is 7.88. The maximum atomic E-state index is 12.5. The number of carbonyl (C=O) groups excluding carboxylic acids is 2. The normalized spacial score (nSPS) is 11.5. The van der Waals surface area contributed by atoms with Crippen LogP contribution >= 0.6 is 11.8 Å². The van der Waals surface area contributed by atoms with E-state index in [4.69, 9.17) is 4.42 Å². The van der Waals surface area contributed by atoms with Crippen LogP contribution in [-0.2, 0) is 4.79 Å². The minimum atomic E-state index is -0.500. The molecule has 1 unspecified atom stereocenters. The molecule has 0 fully saturated rings. The summed E-state index contributed by atoms with van der Waals surface area (Å²) in [6.07, 6.45) is 1.43. The Morgan fingerprint density at radius 2 is 1.83 bits per heavy atom. The number of furan rings is 1. The molecule has 9 heteroatoms. The van der Waals surface area contributed by atoms with Gasteiger partial charge >= 0.3 is 0 Å². The highest BCUT2D eigenvalue weighted by atomic mass is 32.2. The molecule has 0 saturated carbocycles. The molecule has 0 saturated heterocycles. The molecule has 154 valence electrons. The zero-order valence-electron chi connectivity index (χ0n) is 16.2. The van der Waals surface area contributed by atoms with Crippen LogP contribution < -0.4 is 10.6 Å². The van der Waals surface area contributed by atoms with E-state index in [9.17, 15) is 19.7 Å². The lowest BCUT2D eigenvalue weighted by molar-refractivity contribution is -0.384. The monoisotopic (exact) mass is 425 g/mol. The number of nitrogens with one attached hydrogen (secondary N) is 2. The molecule has 2 N–H and O–H groups in total. The number of rotatable bonds is 7. The Kier molecular flexibility index (Phi) is 6.53. The van der Waals surface area contributed by atoms with Crippen LogP contribution in [0, 0.1) is 17.0 Å².